The fourth-order valence-corrected chi connectivity index (χ4v) is 4.65. The Kier molecular flexibility index (Phi) is 5.21. The van der Waals surface area contributed by atoms with Crippen LogP contribution in [0.5, 0.6) is 5.75 Å². The lowest BCUT2D eigenvalue weighted by atomic mass is 10.0. The molecule has 1 heterocycles. The molecule has 4 rings (SSSR count). The Balaban J connectivity index is 1.70. The van der Waals surface area contributed by atoms with Crippen LogP contribution >= 0.6 is 11.3 Å². The van der Waals surface area contributed by atoms with E-state index in [2.05, 4.69) is 0 Å². The maximum atomic E-state index is 13.3. The molecule has 1 aromatic heterocycles. The maximum absolute atomic E-state index is 13.3. The molecule has 138 valence electrons. The number of carbonyl (C=O) groups is 1. The molecular weight excluding hydrogens is 356 g/mol. The van der Waals surface area contributed by atoms with E-state index in [0.29, 0.717) is 0 Å². The van der Waals surface area contributed by atoms with Gasteiger partial charge in [0.25, 0.3) is 0 Å². The number of aromatic nitrogens is 1. The normalized spacial score (nSPS) is 13.1. The fourth-order valence-electron chi connectivity index (χ4n) is 3.46. The molecule has 0 aliphatic heterocycles. The van der Waals surface area contributed by atoms with Crippen LogP contribution in [0, 0.1) is 0 Å². The Bertz CT molecular complexity index is 913. The molecule has 0 N–H and O–H groups in total. The molecule has 0 saturated carbocycles. The maximum Gasteiger partial charge on any atom is 0.237 e. The third-order valence-corrected chi connectivity index (χ3v) is 5.97. The molecule has 0 unspecified atom stereocenters. The second kappa shape index (κ2) is 7.92. The Hall–Kier alpha value is -2.66. The topological polar surface area (TPSA) is 42.4 Å². The number of benzene rings is 2. The van der Waals surface area contributed by atoms with Gasteiger partial charge in [0, 0.05) is 10.4 Å². The van der Waals surface area contributed by atoms with Crippen molar-refractivity contribution in [2.24, 2.45) is 0 Å². The molecule has 3 aromatic rings. The molecule has 0 radical (unpaired) electrons. The molecule has 0 fully saturated rings. The molecule has 1 amide bonds. The summed E-state index contributed by atoms with van der Waals surface area (Å²) in [5, 5.41) is 0.771. The predicted octanol–water partition coefficient (Wildman–Crippen LogP) is 4.94. The highest BCUT2D eigenvalue weighted by Gasteiger charge is 2.25. The first kappa shape index (κ1) is 17.7. The number of nitrogens with zero attached hydrogens (tertiary/aromatic N) is 2. The van der Waals surface area contributed by atoms with Crippen LogP contribution in [0.2, 0.25) is 0 Å². The number of rotatable bonds is 5. The Labute approximate surface area is 163 Å². The summed E-state index contributed by atoms with van der Waals surface area (Å²) in [5.41, 5.74) is 2.89. The Morgan fingerprint density at radius 3 is 2.59 bits per heavy atom. The standard InChI is InChI=1S/C22H22N2O2S/c1-26-19-13-7-5-9-16(19)15-21(25)24(17-10-3-2-4-11-17)22-23-18-12-6-8-14-20(18)27-22/h2-5,7,9-11,13H,6,8,12,14-15H2,1H3. The first-order chi connectivity index (χ1) is 13.3. The van der Waals surface area contributed by atoms with Crippen LogP contribution in [0.3, 0.4) is 0 Å². The number of ether oxygens (including phenoxy) is 1. The highest BCUT2D eigenvalue weighted by atomic mass is 32.1. The zero-order valence-electron chi connectivity index (χ0n) is 15.4. The number of carbonyl (C=O) groups excluding carboxylic acids is 1. The molecular formula is C22H22N2O2S. The van der Waals surface area contributed by atoms with Gasteiger partial charge in [-0.25, -0.2) is 4.98 Å². The van der Waals surface area contributed by atoms with Gasteiger partial charge in [-0.1, -0.05) is 36.4 Å². The summed E-state index contributed by atoms with van der Waals surface area (Å²) in [6.07, 6.45) is 4.72. The van der Waals surface area contributed by atoms with Crippen molar-refractivity contribution in [1.82, 2.24) is 4.98 Å². The van der Waals surface area contributed by atoms with Gasteiger partial charge in [-0.05, 0) is 43.9 Å². The van der Waals surface area contributed by atoms with Gasteiger partial charge in [0.2, 0.25) is 5.91 Å². The van der Waals surface area contributed by atoms with E-state index in [9.17, 15) is 4.79 Å². The zero-order chi connectivity index (χ0) is 18.6. The minimum atomic E-state index is -0.00297. The summed E-state index contributed by atoms with van der Waals surface area (Å²) in [7, 11) is 1.63. The van der Waals surface area contributed by atoms with E-state index in [0.717, 1.165) is 40.7 Å². The molecule has 2 aromatic carbocycles. The lowest BCUT2D eigenvalue weighted by Gasteiger charge is -2.20. The Morgan fingerprint density at radius 1 is 1.07 bits per heavy atom. The van der Waals surface area contributed by atoms with Crippen molar-refractivity contribution in [2.45, 2.75) is 32.1 Å². The minimum absolute atomic E-state index is 0.00297. The van der Waals surface area contributed by atoms with E-state index in [1.54, 1.807) is 23.3 Å². The third-order valence-electron chi connectivity index (χ3n) is 4.82. The molecule has 1 aliphatic rings. The zero-order valence-corrected chi connectivity index (χ0v) is 16.2. The summed E-state index contributed by atoms with van der Waals surface area (Å²) in [5.74, 6) is 0.731. The average molecular weight is 378 g/mol. The van der Waals surface area contributed by atoms with Crippen LogP contribution in [0.4, 0.5) is 10.8 Å². The number of anilines is 2. The molecule has 1 aliphatic carbocycles. The van der Waals surface area contributed by atoms with Gasteiger partial charge in [0.1, 0.15) is 5.75 Å². The Morgan fingerprint density at radius 2 is 1.81 bits per heavy atom. The van der Waals surface area contributed by atoms with Crippen molar-refractivity contribution in [1.29, 1.82) is 0 Å². The van der Waals surface area contributed by atoms with Crippen LogP contribution in [-0.4, -0.2) is 18.0 Å². The SMILES string of the molecule is COc1ccccc1CC(=O)N(c1ccccc1)c1nc2c(s1)CCCC2. The van der Waals surface area contributed by atoms with Gasteiger partial charge in [-0.2, -0.15) is 0 Å². The molecule has 0 atom stereocenters. The number of amides is 1. The largest absolute Gasteiger partial charge is 0.496 e. The average Bonchev–Trinajstić information content (AvgIpc) is 3.13. The van der Waals surface area contributed by atoms with E-state index in [1.807, 2.05) is 54.6 Å². The van der Waals surface area contributed by atoms with Crippen molar-refractivity contribution >= 4 is 28.1 Å². The molecule has 4 nitrogen and oxygen atoms in total. The first-order valence-electron chi connectivity index (χ1n) is 9.25. The summed E-state index contributed by atoms with van der Waals surface area (Å²) < 4.78 is 5.42. The van der Waals surface area contributed by atoms with Gasteiger partial charge >= 0.3 is 0 Å². The fraction of sp³-hybridized carbons (Fsp3) is 0.273. The summed E-state index contributed by atoms with van der Waals surface area (Å²) >= 11 is 1.65. The number of aryl methyl sites for hydroxylation is 2. The smallest absolute Gasteiger partial charge is 0.237 e. The number of hydrogen-bond acceptors (Lipinski definition) is 4. The molecule has 27 heavy (non-hydrogen) atoms. The van der Waals surface area contributed by atoms with E-state index in [1.165, 1.54) is 17.7 Å². The van der Waals surface area contributed by atoms with E-state index in [4.69, 9.17) is 9.72 Å². The quantitative estimate of drug-likeness (QED) is 0.632. The van der Waals surface area contributed by atoms with Crippen LogP contribution in [0.25, 0.3) is 0 Å². The summed E-state index contributed by atoms with van der Waals surface area (Å²) in [6.45, 7) is 0. The van der Waals surface area contributed by atoms with Crippen molar-refractivity contribution in [3.8, 4) is 5.75 Å². The van der Waals surface area contributed by atoms with Crippen molar-refractivity contribution < 1.29 is 9.53 Å². The van der Waals surface area contributed by atoms with Crippen LogP contribution in [-0.2, 0) is 24.1 Å². The first-order valence-corrected chi connectivity index (χ1v) is 10.1. The number of hydrogen-bond donors (Lipinski definition) is 0. The molecule has 0 saturated heterocycles. The summed E-state index contributed by atoms with van der Waals surface area (Å²) in [4.78, 5) is 21.2. The van der Waals surface area contributed by atoms with E-state index >= 15 is 0 Å². The highest BCUT2D eigenvalue weighted by Crippen LogP contribution is 2.36. The lowest BCUT2D eigenvalue weighted by molar-refractivity contribution is -0.117. The molecule has 0 spiro atoms. The monoisotopic (exact) mass is 378 g/mol. The lowest BCUT2D eigenvalue weighted by Crippen LogP contribution is -2.27. The second-order valence-electron chi connectivity index (χ2n) is 6.63. The molecule has 5 heteroatoms. The van der Waals surface area contributed by atoms with E-state index in [-0.39, 0.29) is 12.3 Å². The van der Waals surface area contributed by atoms with Crippen molar-refractivity contribution in [3.63, 3.8) is 0 Å². The van der Waals surface area contributed by atoms with Gasteiger partial charge < -0.3 is 4.74 Å². The van der Waals surface area contributed by atoms with Crippen LogP contribution in [0.15, 0.2) is 54.6 Å². The van der Waals surface area contributed by atoms with Crippen molar-refractivity contribution in [2.75, 3.05) is 12.0 Å². The number of methoxy groups -OCH3 is 1. The number of fused-ring (bicyclic) bond motifs is 1. The summed E-state index contributed by atoms with van der Waals surface area (Å²) in [6, 6.07) is 17.4. The molecule has 0 bridgehead atoms. The van der Waals surface area contributed by atoms with Gasteiger partial charge in [0.15, 0.2) is 5.13 Å². The minimum Gasteiger partial charge on any atom is -0.496 e. The predicted molar refractivity (Wildman–Crippen MR) is 109 cm³/mol. The second-order valence-corrected chi connectivity index (χ2v) is 7.69. The van der Waals surface area contributed by atoms with Crippen LogP contribution in [0.1, 0.15) is 29.0 Å². The number of thiazole rings is 1. The van der Waals surface area contributed by atoms with Gasteiger partial charge in [-0.15, -0.1) is 11.3 Å². The van der Waals surface area contributed by atoms with E-state index < -0.39 is 0 Å². The van der Waals surface area contributed by atoms with Gasteiger partial charge in [0.05, 0.1) is 24.9 Å². The third kappa shape index (κ3) is 3.74. The van der Waals surface area contributed by atoms with Crippen LogP contribution < -0.4 is 9.64 Å². The van der Waals surface area contributed by atoms with Crippen molar-refractivity contribution in [3.05, 3.63) is 70.7 Å². The van der Waals surface area contributed by atoms with Gasteiger partial charge in [-0.3, -0.25) is 9.69 Å². The number of para-hydroxylation sites is 2. The highest BCUT2D eigenvalue weighted by molar-refractivity contribution is 7.16.